The van der Waals surface area contributed by atoms with Crippen molar-refractivity contribution in [3.63, 3.8) is 0 Å². The molecule has 0 atom stereocenters. The van der Waals surface area contributed by atoms with E-state index in [1.807, 2.05) is 13.0 Å². The molecule has 1 N–H and O–H groups in total. The molecule has 0 aliphatic carbocycles. The number of anilines is 1. The Balaban J connectivity index is 1.75. The number of hydrogen-bond acceptors (Lipinski definition) is 6. The van der Waals surface area contributed by atoms with Gasteiger partial charge in [0.15, 0.2) is 5.75 Å². The third-order valence-electron chi connectivity index (χ3n) is 4.29. The highest BCUT2D eigenvalue weighted by atomic mass is 79.9. The molecule has 1 amide bonds. The van der Waals surface area contributed by atoms with Crippen LogP contribution in [0, 0.1) is 11.3 Å². The van der Waals surface area contributed by atoms with E-state index >= 15 is 0 Å². The number of nitrogens with zero attached hydrogens (tertiary/aromatic N) is 1. The third-order valence-corrected chi connectivity index (χ3v) is 6.15. The minimum absolute atomic E-state index is 0.0265. The van der Waals surface area contributed by atoms with Crippen LogP contribution in [-0.2, 0) is 14.9 Å². The molecule has 3 rings (SSSR count). The second-order valence-electron chi connectivity index (χ2n) is 6.62. The average Bonchev–Trinajstić information content (AvgIpc) is 2.81. The molecule has 9 heteroatoms. The zero-order valence-corrected chi connectivity index (χ0v) is 19.9. The van der Waals surface area contributed by atoms with Crippen molar-refractivity contribution in [1.29, 1.82) is 5.26 Å². The van der Waals surface area contributed by atoms with Crippen LogP contribution < -0.4 is 14.2 Å². The summed E-state index contributed by atoms with van der Waals surface area (Å²) in [5, 5.41) is 12.1. The van der Waals surface area contributed by atoms with Crippen molar-refractivity contribution in [2.24, 2.45) is 0 Å². The van der Waals surface area contributed by atoms with Crippen molar-refractivity contribution < 1.29 is 22.1 Å². The largest absolute Gasteiger partial charge is 0.494 e. The summed E-state index contributed by atoms with van der Waals surface area (Å²) in [6.45, 7) is 2.41. The first-order valence-corrected chi connectivity index (χ1v) is 12.0. The third kappa shape index (κ3) is 6.44. The lowest BCUT2D eigenvalue weighted by molar-refractivity contribution is -0.112. The monoisotopic (exact) mass is 526 g/mol. The van der Waals surface area contributed by atoms with Crippen molar-refractivity contribution in [2.45, 2.75) is 11.8 Å². The molecule has 0 aromatic heterocycles. The summed E-state index contributed by atoms with van der Waals surface area (Å²) in [5.41, 5.74) is 0.895. The zero-order valence-electron chi connectivity index (χ0n) is 17.5. The van der Waals surface area contributed by atoms with Crippen molar-refractivity contribution in [2.75, 3.05) is 11.9 Å². The molecule has 33 heavy (non-hydrogen) atoms. The van der Waals surface area contributed by atoms with Crippen LogP contribution in [0.3, 0.4) is 0 Å². The molecular formula is C24H19BrN2O5S. The van der Waals surface area contributed by atoms with E-state index in [1.165, 1.54) is 24.3 Å². The Hall–Kier alpha value is -3.61. The van der Waals surface area contributed by atoms with Gasteiger partial charge in [-0.25, -0.2) is 0 Å². The first-order valence-electron chi connectivity index (χ1n) is 9.77. The lowest BCUT2D eigenvalue weighted by Crippen LogP contribution is -2.13. The standard InChI is InChI=1S/C24H19BrN2O5S/c1-2-31-20-11-9-19(10-12-20)27-24(28)18(16-26)14-17-8-13-23(22(25)15-17)32-33(29,30)21-6-4-3-5-7-21/h3-15H,2H2,1H3,(H,27,28)/b18-14+. The molecule has 0 spiro atoms. The quantitative estimate of drug-likeness (QED) is 0.247. The highest BCUT2D eigenvalue weighted by Crippen LogP contribution is 2.29. The molecule has 0 fully saturated rings. The summed E-state index contributed by atoms with van der Waals surface area (Å²) >= 11 is 3.28. The van der Waals surface area contributed by atoms with Gasteiger partial charge in [-0.05, 0) is 83.0 Å². The Labute approximate surface area is 200 Å². The summed E-state index contributed by atoms with van der Waals surface area (Å²) in [7, 11) is -4.00. The summed E-state index contributed by atoms with van der Waals surface area (Å²) in [4.78, 5) is 12.5. The molecule has 7 nitrogen and oxygen atoms in total. The van der Waals surface area contributed by atoms with E-state index in [1.54, 1.807) is 54.6 Å². The predicted molar refractivity (Wildman–Crippen MR) is 128 cm³/mol. The van der Waals surface area contributed by atoms with Gasteiger partial charge in [-0.15, -0.1) is 0 Å². The van der Waals surface area contributed by atoms with Gasteiger partial charge in [-0.2, -0.15) is 13.7 Å². The Morgan fingerprint density at radius 1 is 1.09 bits per heavy atom. The minimum atomic E-state index is -4.00. The van der Waals surface area contributed by atoms with Gasteiger partial charge in [0, 0.05) is 5.69 Å². The summed E-state index contributed by atoms with van der Waals surface area (Å²) in [5.74, 6) is 0.172. The molecule has 0 radical (unpaired) electrons. The number of rotatable bonds is 8. The van der Waals surface area contributed by atoms with Crippen LogP contribution in [0.25, 0.3) is 6.08 Å². The molecule has 0 heterocycles. The molecule has 3 aromatic carbocycles. The smallest absolute Gasteiger partial charge is 0.339 e. The SMILES string of the molecule is CCOc1ccc(NC(=O)/C(C#N)=C/c2ccc(OS(=O)(=O)c3ccccc3)c(Br)c2)cc1. The van der Waals surface area contributed by atoms with Crippen molar-refractivity contribution >= 4 is 43.7 Å². The normalized spacial score (nSPS) is 11.4. The lowest BCUT2D eigenvalue weighted by atomic mass is 10.1. The van der Waals surface area contributed by atoms with Crippen LogP contribution in [0.5, 0.6) is 11.5 Å². The van der Waals surface area contributed by atoms with Crippen LogP contribution in [0.1, 0.15) is 12.5 Å². The van der Waals surface area contributed by atoms with E-state index in [9.17, 15) is 18.5 Å². The molecule has 3 aromatic rings. The number of benzene rings is 3. The first kappa shape index (κ1) is 24.0. The van der Waals surface area contributed by atoms with Gasteiger partial charge in [0.2, 0.25) is 0 Å². The molecule has 168 valence electrons. The number of amides is 1. The second-order valence-corrected chi connectivity index (χ2v) is 9.02. The van der Waals surface area contributed by atoms with Gasteiger partial charge in [0.05, 0.1) is 11.1 Å². The fourth-order valence-corrected chi connectivity index (χ4v) is 4.30. The Morgan fingerprint density at radius 3 is 2.39 bits per heavy atom. The van der Waals surface area contributed by atoms with E-state index in [0.29, 0.717) is 28.1 Å². The van der Waals surface area contributed by atoms with Gasteiger partial charge in [0.25, 0.3) is 5.91 Å². The van der Waals surface area contributed by atoms with E-state index < -0.39 is 16.0 Å². The fourth-order valence-electron chi connectivity index (χ4n) is 2.74. The number of nitrogens with one attached hydrogen (secondary N) is 1. The van der Waals surface area contributed by atoms with Crippen LogP contribution >= 0.6 is 15.9 Å². The van der Waals surface area contributed by atoms with Gasteiger partial charge >= 0.3 is 10.1 Å². The Morgan fingerprint density at radius 2 is 1.79 bits per heavy atom. The Kier molecular flexibility index (Phi) is 7.87. The topological polar surface area (TPSA) is 105 Å². The number of nitriles is 1. The van der Waals surface area contributed by atoms with E-state index in [-0.39, 0.29) is 16.2 Å². The van der Waals surface area contributed by atoms with Crippen molar-refractivity contribution in [1.82, 2.24) is 0 Å². The van der Waals surface area contributed by atoms with Crippen LogP contribution in [0.15, 0.2) is 87.7 Å². The fraction of sp³-hybridized carbons (Fsp3) is 0.0833. The molecule has 0 saturated carbocycles. The van der Waals surface area contributed by atoms with Crippen molar-refractivity contribution in [3.05, 3.63) is 88.4 Å². The molecule has 0 aliphatic rings. The second kappa shape index (κ2) is 10.8. The predicted octanol–water partition coefficient (Wildman–Crippen LogP) is 5.16. The number of hydrogen-bond donors (Lipinski definition) is 1. The lowest BCUT2D eigenvalue weighted by Gasteiger charge is -2.09. The summed E-state index contributed by atoms with van der Waals surface area (Å²) in [6.07, 6.45) is 1.39. The molecule has 0 aliphatic heterocycles. The number of halogens is 1. The summed E-state index contributed by atoms with van der Waals surface area (Å²) in [6, 6.07) is 21.0. The highest BCUT2D eigenvalue weighted by molar-refractivity contribution is 9.10. The van der Waals surface area contributed by atoms with E-state index in [2.05, 4.69) is 21.2 Å². The maximum absolute atomic E-state index is 12.5. The average molecular weight is 527 g/mol. The van der Waals surface area contributed by atoms with Gasteiger partial charge < -0.3 is 14.2 Å². The maximum Gasteiger partial charge on any atom is 0.339 e. The first-order chi connectivity index (χ1) is 15.8. The maximum atomic E-state index is 12.5. The zero-order chi connectivity index (χ0) is 23.8. The van der Waals surface area contributed by atoms with Gasteiger partial charge in [-0.1, -0.05) is 24.3 Å². The van der Waals surface area contributed by atoms with Crippen LogP contribution in [0.4, 0.5) is 5.69 Å². The molecule has 0 unspecified atom stereocenters. The van der Waals surface area contributed by atoms with E-state index in [4.69, 9.17) is 8.92 Å². The Bertz CT molecular complexity index is 1320. The van der Waals surface area contributed by atoms with Crippen LogP contribution in [-0.4, -0.2) is 20.9 Å². The molecular weight excluding hydrogens is 508 g/mol. The van der Waals surface area contributed by atoms with Crippen molar-refractivity contribution in [3.8, 4) is 17.6 Å². The van der Waals surface area contributed by atoms with E-state index in [0.717, 1.165) is 0 Å². The minimum Gasteiger partial charge on any atom is -0.494 e. The number of ether oxygens (including phenoxy) is 1. The van der Waals surface area contributed by atoms with Gasteiger partial charge in [-0.3, -0.25) is 4.79 Å². The molecule has 0 bridgehead atoms. The number of carbonyl (C=O) groups excluding carboxylic acids is 1. The highest BCUT2D eigenvalue weighted by Gasteiger charge is 2.18. The number of carbonyl (C=O) groups is 1. The van der Waals surface area contributed by atoms with Crippen LogP contribution in [0.2, 0.25) is 0 Å². The molecule has 0 saturated heterocycles. The summed E-state index contributed by atoms with van der Waals surface area (Å²) < 4.78 is 35.8. The van der Waals surface area contributed by atoms with Gasteiger partial charge in [0.1, 0.15) is 22.3 Å².